The van der Waals surface area contributed by atoms with Gasteiger partial charge in [-0.1, -0.05) is 45.4 Å². The molecule has 0 spiro atoms. The van der Waals surface area contributed by atoms with Crippen LogP contribution in [0, 0.1) is 19.8 Å². The van der Waals surface area contributed by atoms with Crippen molar-refractivity contribution < 1.29 is 0 Å². The average Bonchev–Trinajstić information content (AvgIpc) is 2.51. The molecule has 24 heavy (non-hydrogen) atoms. The van der Waals surface area contributed by atoms with Crippen LogP contribution in [0.2, 0.25) is 0 Å². The Hall–Kier alpha value is -1.08. The normalized spacial score (nSPS) is 27.7. The molecule has 1 aromatic rings. The first-order valence-corrected chi connectivity index (χ1v) is 9.62. The monoisotopic (exact) mass is 327 g/mol. The van der Waals surface area contributed by atoms with Gasteiger partial charge in [0.05, 0.1) is 0 Å². The van der Waals surface area contributed by atoms with Crippen LogP contribution in [0.3, 0.4) is 0 Å². The minimum atomic E-state index is 0.442. The van der Waals surface area contributed by atoms with E-state index >= 15 is 0 Å². The number of rotatable bonds is 2. The van der Waals surface area contributed by atoms with Crippen LogP contribution in [0.4, 0.5) is 0 Å². The van der Waals surface area contributed by atoms with Gasteiger partial charge in [-0.3, -0.25) is 4.90 Å². The molecular weight excluding hydrogens is 290 g/mol. The van der Waals surface area contributed by atoms with E-state index in [1.807, 2.05) is 0 Å². The number of fused-ring (bicyclic) bond motifs is 1. The van der Waals surface area contributed by atoms with Gasteiger partial charge in [0.25, 0.3) is 0 Å². The van der Waals surface area contributed by atoms with Gasteiger partial charge in [-0.15, -0.1) is 0 Å². The Labute approximate surface area is 150 Å². The molecule has 1 heterocycles. The average molecular weight is 328 g/mol. The standard InChI is InChI=1S/C23H37N/c1-13(2)20-11-15(5)17(7)22-19(9)24(10)18(8)16(6)12-21(14(3)4)23(20)22/h11-14,18-19,21H,1-10H3/b16-12-/t18-,19+,21?/m1/s1. The molecule has 0 fully saturated rings. The van der Waals surface area contributed by atoms with Gasteiger partial charge < -0.3 is 0 Å². The van der Waals surface area contributed by atoms with E-state index in [0.717, 1.165) is 0 Å². The third-order valence-corrected chi connectivity index (χ3v) is 6.38. The maximum atomic E-state index is 2.55. The van der Waals surface area contributed by atoms with E-state index in [1.54, 1.807) is 16.7 Å². The molecule has 134 valence electrons. The Morgan fingerprint density at radius 1 is 0.917 bits per heavy atom. The minimum Gasteiger partial charge on any atom is -0.293 e. The van der Waals surface area contributed by atoms with Crippen LogP contribution >= 0.6 is 0 Å². The molecule has 1 aliphatic rings. The lowest BCUT2D eigenvalue weighted by Crippen LogP contribution is -2.36. The molecule has 1 aromatic carbocycles. The second-order valence-corrected chi connectivity index (χ2v) is 8.59. The molecule has 0 aliphatic carbocycles. The van der Waals surface area contributed by atoms with Crippen molar-refractivity contribution in [2.75, 3.05) is 7.05 Å². The van der Waals surface area contributed by atoms with Crippen LogP contribution in [0.5, 0.6) is 0 Å². The Balaban J connectivity index is 2.91. The summed E-state index contributed by atoms with van der Waals surface area (Å²) < 4.78 is 0. The zero-order valence-corrected chi connectivity index (χ0v) is 17.5. The van der Waals surface area contributed by atoms with Crippen molar-refractivity contribution in [1.82, 2.24) is 4.90 Å². The van der Waals surface area contributed by atoms with Crippen LogP contribution in [-0.2, 0) is 0 Å². The van der Waals surface area contributed by atoms with Crippen molar-refractivity contribution in [2.45, 2.75) is 86.2 Å². The number of hydrogen-bond donors (Lipinski definition) is 0. The van der Waals surface area contributed by atoms with Crippen molar-refractivity contribution in [3.05, 3.63) is 45.5 Å². The predicted molar refractivity (Wildman–Crippen MR) is 107 cm³/mol. The number of aryl methyl sites for hydroxylation is 1. The summed E-state index contributed by atoms with van der Waals surface area (Å²) in [6.07, 6.45) is 2.55. The molecule has 0 saturated carbocycles. The lowest BCUT2D eigenvalue weighted by Gasteiger charge is -2.40. The van der Waals surface area contributed by atoms with E-state index in [-0.39, 0.29) is 0 Å². The highest BCUT2D eigenvalue weighted by Crippen LogP contribution is 2.44. The van der Waals surface area contributed by atoms with E-state index in [2.05, 4.69) is 86.4 Å². The maximum absolute atomic E-state index is 2.55. The van der Waals surface area contributed by atoms with Gasteiger partial charge in [0.2, 0.25) is 0 Å². The van der Waals surface area contributed by atoms with Crippen LogP contribution in [0.25, 0.3) is 0 Å². The Kier molecular flexibility index (Phi) is 5.64. The number of benzene rings is 1. The summed E-state index contributed by atoms with van der Waals surface area (Å²) in [5.74, 6) is 1.68. The number of allylic oxidation sites excluding steroid dienone is 1. The third-order valence-electron chi connectivity index (χ3n) is 6.38. The summed E-state index contributed by atoms with van der Waals surface area (Å²) in [4.78, 5) is 2.54. The van der Waals surface area contributed by atoms with Gasteiger partial charge in [0.15, 0.2) is 0 Å². The van der Waals surface area contributed by atoms with E-state index in [4.69, 9.17) is 0 Å². The largest absolute Gasteiger partial charge is 0.293 e. The molecule has 1 unspecified atom stereocenters. The smallest absolute Gasteiger partial charge is 0.0328 e. The molecule has 1 aliphatic heterocycles. The van der Waals surface area contributed by atoms with Gasteiger partial charge in [0, 0.05) is 18.0 Å². The molecule has 0 radical (unpaired) electrons. The molecule has 0 bridgehead atoms. The van der Waals surface area contributed by atoms with E-state index in [1.165, 1.54) is 16.7 Å². The fourth-order valence-electron chi connectivity index (χ4n) is 4.27. The molecule has 0 saturated heterocycles. The summed E-state index contributed by atoms with van der Waals surface area (Å²) in [5.41, 5.74) is 9.16. The Bertz CT molecular complexity index is 636. The van der Waals surface area contributed by atoms with Crippen LogP contribution < -0.4 is 0 Å². The van der Waals surface area contributed by atoms with E-state index < -0.39 is 0 Å². The Morgan fingerprint density at radius 3 is 2.00 bits per heavy atom. The van der Waals surface area contributed by atoms with Crippen molar-refractivity contribution >= 4 is 0 Å². The molecule has 0 N–H and O–H groups in total. The Morgan fingerprint density at radius 2 is 1.50 bits per heavy atom. The van der Waals surface area contributed by atoms with Gasteiger partial charge in [-0.25, -0.2) is 0 Å². The van der Waals surface area contributed by atoms with Gasteiger partial charge in [-0.05, 0) is 81.3 Å². The van der Waals surface area contributed by atoms with Crippen molar-refractivity contribution in [2.24, 2.45) is 5.92 Å². The van der Waals surface area contributed by atoms with Crippen LogP contribution in [-0.4, -0.2) is 18.0 Å². The molecule has 0 aromatic heterocycles. The minimum absolute atomic E-state index is 0.442. The highest BCUT2D eigenvalue weighted by molar-refractivity contribution is 5.52. The summed E-state index contributed by atoms with van der Waals surface area (Å²) in [5, 5.41) is 0. The zero-order valence-electron chi connectivity index (χ0n) is 17.5. The maximum Gasteiger partial charge on any atom is 0.0328 e. The van der Waals surface area contributed by atoms with Crippen LogP contribution in [0.1, 0.15) is 94.2 Å². The highest BCUT2D eigenvalue weighted by atomic mass is 15.2. The summed E-state index contributed by atoms with van der Waals surface area (Å²) >= 11 is 0. The van der Waals surface area contributed by atoms with Crippen LogP contribution in [0.15, 0.2) is 17.7 Å². The van der Waals surface area contributed by atoms with Gasteiger partial charge in [-0.2, -0.15) is 0 Å². The van der Waals surface area contributed by atoms with Gasteiger partial charge >= 0.3 is 0 Å². The second kappa shape index (κ2) is 7.04. The van der Waals surface area contributed by atoms with Gasteiger partial charge in [0.1, 0.15) is 0 Å². The summed E-state index contributed by atoms with van der Waals surface area (Å²) in [6, 6.07) is 3.38. The molecule has 0 amide bonds. The quantitative estimate of drug-likeness (QED) is 0.560. The molecule has 1 heteroatoms. The zero-order chi connectivity index (χ0) is 18.3. The first-order valence-electron chi connectivity index (χ1n) is 9.62. The summed E-state index contributed by atoms with van der Waals surface area (Å²) in [6.45, 7) is 21.1. The fourth-order valence-corrected chi connectivity index (χ4v) is 4.27. The SMILES string of the molecule is C/C1=C/C(C(C)C)c2c(C(C)C)cc(C)c(C)c2[C@H](C)N(C)[C@@H]1C. The number of likely N-dealkylation sites (N-methyl/N-ethyl adjacent to an activating group) is 1. The lowest BCUT2D eigenvalue weighted by molar-refractivity contribution is 0.215. The van der Waals surface area contributed by atoms with E-state index in [0.29, 0.717) is 29.8 Å². The molecule has 2 rings (SSSR count). The molecule has 3 atom stereocenters. The molecular formula is C23H37N. The first-order chi connectivity index (χ1) is 11.1. The highest BCUT2D eigenvalue weighted by Gasteiger charge is 2.32. The number of hydrogen-bond acceptors (Lipinski definition) is 1. The van der Waals surface area contributed by atoms with Crippen molar-refractivity contribution in [1.29, 1.82) is 0 Å². The lowest BCUT2D eigenvalue weighted by atomic mass is 9.74. The topological polar surface area (TPSA) is 3.24 Å². The molecule has 1 nitrogen and oxygen atoms in total. The van der Waals surface area contributed by atoms with Crippen molar-refractivity contribution in [3.8, 4) is 0 Å². The fraction of sp³-hybridized carbons (Fsp3) is 0.652. The van der Waals surface area contributed by atoms with E-state index in [9.17, 15) is 0 Å². The summed E-state index contributed by atoms with van der Waals surface area (Å²) in [7, 11) is 2.28. The third kappa shape index (κ3) is 3.20. The predicted octanol–water partition coefficient (Wildman–Crippen LogP) is 6.51. The van der Waals surface area contributed by atoms with Crippen molar-refractivity contribution in [3.63, 3.8) is 0 Å². The second-order valence-electron chi connectivity index (χ2n) is 8.59. The first kappa shape index (κ1) is 19.2. The number of nitrogens with zero attached hydrogens (tertiary/aromatic N) is 1.